The molecule has 0 aromatic heterocycles. The number of fused-ring (bicyclic) bond motifs is 8. The molecular weight excluding hydrogens is 1280 g/mol. The van der Waals surface area contributed by atoms with E-state index in [-0.39, 0.29) is 13.4 Å². The SMILES string of the molecule is c1ccc(-c2cccc(-c3ccccc3)c2-c2c3c(cc4c2Sc2cc(N(c5ccccc5)c5ccccc5)cc5c2B4c2ccccc2N5c2c(-c4ccccc4)cccc2-c2ccccc2)B2c4ccccc4N(c4ccccc4)c4cc(N(c5ccccc5)c5ccccc5)cc(c42)O3)cc1. The Labute approximate surface area is 611 Å². The average molecular weight is 1340 g/mol. The maximum absolute atomic E-state index is 8.36. The van der Waals surface area contributed by atoms with E-state index in [1.165, 1.54) is 21.9 Å². The Kier molecular flexibility index (Phi) is 15.0. The van der Waals surface area contributed by atoms with E-state index in [2.05, 4.69) is 408 Å². The lowest BCUT2D eigenvalue weighted by molar-refractivity contribution is 0.488. The Morgan fingerprint density at radius 3 is 1.12 bits per heavy atom. The fourth-order valence-electron chi connectivity index (χ4n) is 16.8. The van der Waals surface area contributed by atoms with Gasteiger partial charge in [-0.2, -0.15) is 0 Å². The molecule has 486 valence electrons. The van der Waals surface area contributed by atoms with Crippen molar-refractivity contribution in [3.63, 3.8) is 0 Å². The Balaban J connectivity index is 0.934. The normalized spacial score (nSPS) is 12.6. The highest BCUT2D eigenvalue weighted by molar-refractivity contribution is 8.00. The Morgan fingerprint density at radius 1 is 0.269 bits per heavy atom. The molecule has 0 saturated heterocycles. The van der Waals surface area contributed by atoms with Crippen molar-refractivity contribution < 1.29 is 4.74 Å². The highest BCUT2D eigenvalue weighted by Gasteiger charge is 2.49. The molecule has 4 aliphatic rings. The van der Waals surface area contributed by atoms with Crippen molar-refractivity contribution in [3.8, 4) is 67.1 Å². The van der Waals surface area contributed by atoms with Gasteiger partial charge in [-0.15, -0.1) is 0 Å². The Hall–Kier alpha value is -13.0. The number of benzene rings is 16. The summed E-state index contributed by atoms with van der Waals surface area (Å²) in [6, 6.07) is 143. The predicted octanol–water partition coefficient (Wildman–Crippen LogP) is 22.1. The van der Waals surface area contributed by atoms with Crippen LogP contribution in [0.2, 0.25) is 0 Å². The summed E-state index contributed by atoms with van der Waals surface area (Å²) in [6.45, 7) is -0.561. The zero-order valence-electron chi connectivity index (χ0n) is 56.7. The molecule has 0 bridgehead atoms. The lowest BCUT2D eigenvalue weighted by atomic mass is 9.31. The summed E-state index contributed by atoms with van der Waals surface area (Å²) >= 11 is 1.89. The van der Waals surface area contributed by atoms with Gasteiger partial charge in [0.25, 0.3) is 6.71 Å². The number of hydrogen-bond acceptors (Lipinski definition) is 6. The van der Waals surface area contributed by atoms with E-state index >= 15 is 0 Å². The molecule has 16 aromatic rings. The molecule has 0 saturated carbocycles. The molecule has 20 rings (SSSR count). The molecule has 0 unspecified atom stereocenters. The van der Waals surface area contributed by atoms with Crippen molar-refractivity contribution in [2.24, 2.45) is 0 Å². The van der Waals surface area contributed by atoms with Gasteiger partial charge in [0.1, 0.15) is 11.5 Å². The Morgan fingerprint density at radius 2 is 0.644 bits per heavy atom. The first-order chi connectivity index (χ1) is 51.7. The largest absolute Gasteiger partial charge is 0.458 e. The summed E-state index contributed by atoms with van der Waals surface area (Å²) in [5.74, 6) is 1.65. The van der Waals surface area contributed by atoms with Crippen molar-refractivity contribution in [1.82, 2.24) is 0 Å². The standard InChI is InChI=1S/C96H64B2N4OS/c1-10-34-65(35-11-1)76-52-32-53-77(66-36-12-2-13-37-66)90(76)91-95-82(97-80-56-28-30-58-84(80)101(73-50-26-9-27-51-73)86-60-74(62-88(103-95)92(86)97)99(69-42-18-5-19-43-69)70-44-20-6-21-45-70)64-83-96(91)104-89-63-75(100(71-46-22-7-23-47-71)72-48-24-8-25-49-72)61-87-93(89)98(83)81-57-29-31-59-85(81)102(87)94-78(67-38-14-3-15-39-67)54-33-55-79(94)68-40-16-4-17-41-68/h1-64H. The molecule has 0 fully saturated rings. The molecule has 4 heterocycles. The van der Waals surface area contributed by atoms with Crippen LogP contribution in [0.1, 0.15) is 0 Å². The van der Waals surface area contributed by atoms with Crippen LogP contribution < -0.4 is 57.1 Å². The van der Waals surface area contributed by atoms with E-state index in [1.807, 2.05) is 11.8 Å². The molecule has 104 heavy (non-hydrogen) atoms. The maximum Gasteiger partial charge on any atom is 0.256 e. The van der Waals surface area contributed by atoms with Gasteiger partial charge in [0, 0.05) is 95.0 Å². The quantitative estimate of drug-likeness (QED) is 0.107. The van der Waals surface area contributed by atoms with Crippen LogP contribution in [0.25, 0.3) is 55.6 Å². The molecule has 8 heteroatoms. The first-order valence-electron chi connectivity index (χ1n) is 35.7. The first kappa shape index (κ1) is 60.9. The van der Waals surface area contributed by atoms with E-state index in [4.69, 9.17) is 4.74 Å². The molecule has 0 N–H and O–H groups in total. The summed E-state index contributed by atoms with van der Waals surface area (Å²) in [7, 11) is 0. The smallest absolute Gasteiger partial charge is 0.256 e. The topological polar surface area (TPSA) is 22.2 Å². The third-order valence-electron chi connectivity index (χ3n) is 21.1. The van der Waals surface area contributed by atoms with E-state index in [0.29, 0.717) is 0 Å². The molecule has 16 aromatic carbocycles. The van der Waals surface area contributed by atoms with E-state index in [1.54, 1.807) is 0 Å². The van der Waals surface area contributed by atoms with Crippen molar-refractivity contribution >= 4 is 126 Å². The fraction of sp³-hybridized carbons (Fsp3) is 0. The van der Waals surface area contributed by atoms with Gasteiger partial charge in [0.15, 0.2) is 0 Å². The predicted molar refractivity (Wildman–Crippen MR) is 439 cm³/mol. The van der Waals surface area contributed by atoms with Crippen LogP contribution in [0.5, 0.6) is 11.5 Å². The van der Waals surface area contributed by atoms with Gasteiger partial charge < -0.3 is 24.3 Å². The van der Waals surface area contributed by atoms with E-state index in [9.17, 15) is 0 Å². The number of ether oxygens (including phenoxy) is 1. The van der Waals surface area contributed by atoms with Crippen LogP contribution in [-0.2, 0) is 0 Å². The monoisotopic (exact) mass is 1340 g/mol. The van der Waals surface area contributed by atoms with Crippen molar-refractivity contribution in [2.75, 3.05) is 19.6 Å². The summed E-state index contributed by atoms with van der Waals surface area (Å²) < 4.78 is 8.36. The second kappa shape index (κ2) is 25.6. The molecule has 0 amide bonds. The van der Waals surface area contributed by atoms with Crippen molar-refractivity contribution in [3.05, 3.63) is 388 Å². The van der Waals surface area contributed by atoms with Crippen LogP contribution in [0.15, 0.2) is 398 Å². The summed E-state index contributed by atoms with van der Waals surface area (Å²) in [6.07, 6.45) is 0. The van der Waals surface area contributed by atoms with Gasteiger partial charge in [-0.25, -0.2) is 0 Å². The Bertz CT molecular complexity index is 5750. The summed E-state index contributed by atoms with van der Waals surface area (Å²) in [4.78, 5) is 12.2. The van der Waals surface area contributed by atoms with Gasteiger partial charge in [0.05, 0.1) is 11.4 Å². The third kappa shape index (κ3) is 10.1. The highest BCUT2D eigenvalue weighted by atomic mass is 32.2. The molecule has 5 nitrogen and oxygen atoms in total. The van der Waals surface area contributed by atoms with Gasteiger partial charge >= 0.3 is 0 Å². The minimum Gasteiger partial charge on any atom is -0.458 e. The fourth-order valence-corrected chi connectivity index (χ4v) is 18.1. The van der Waals surface area contributed by atoms with Gasteiger partial charge in [0.2, 0.25) is 6.71 Å². The van der Waals surface area contributed by atoms with Crippen molar-refractivity contribution in [2.45, 2.75) is 9.79 Å². The molecule has 4 aliphatic heterocycles. The molecule has 0 spiro atoms. The van der Waals surface area contributed by atoms with Gasteiger partial charge in [-0.3, -0.25) is 0 Å². The highest BCUT2D eigenvalue weighted by Crippen LogP contribution is 2.56. The van der Waals surface area contributed by atoms with Crippen LogP contribution >= 0.6 is 11.8 Å². The zero-order valence-corrected chi connectivity index (χ0v) is 57.5. The minimum absolute atomic E-state index is 0.273. The van der Waals surface area contributed by atoms with E-state index in [0.717, 1.165) is 156 Å². The summed E-state index contributed by atoms with van der Waals surface area (Å²) in [5, 5.41) is 0. The lowest BCUT2D eigenvalue weighted by Gasteiger charge is -2.44. The molecule has 0 atom stereocenters. The number of anilines is 12. The summed E-state index contributed by atoms with van der Waals surface area (Å²) in [5.41, 5.74) is 31.1. The number of nitrogens with zero attached hydrogens (tertiary/aromatic N) is 4. The first-order valence-corrected chi connectivity index (χ1v) is 36.5. The van der Waals surface area contributed by atoms with Crippen molar-refractivity contribution in [1.29, 1.82) is 0 Å². The maximum atomic E-state index is 8.36. The minimum atomic E-state index is -0.288. The van der Waals surface area contributed by atoms with Crippen LogP contribution in [0.3, 0.4) is 0 Å². The van der Waals surface area contributed by atoms with Crippen LogP contribution in [-0.4, -0.2) is 13.4 Å². The molecular formula is C96H64B2N4OS. The third-order valence-corrected chi connectivity index (χ3v) is 22.3. The lowest BCUT2D eigenvalue weighted by Crippen LogP contribution is -2.63. The van der Waals surface area contributed by atoms with E-state index < -0.39 is 0 Å². The number of para-hydroxylation sites is 8. The second-order valence-electron chi connectivity index (χ2n) is 26.9. The molecule has 0 radical (unpaired) electrons. The van der Waals surface area contributed by atoms with Gasteiger partial charge in [-0.1, -0.05) is 308 Å². The van der Waals surface area contributed by atoms with Crippen LogP contribution in [0, 0.1) is 0 Å². The second-order valence-corrected chi connectivity index (χ2v) is 28.0. The zero-order chi connectivity index (χ0) is 68.6. The van der Waals surface area contributed by atoms with Crippen LogP contribution in [0.4, 0.5) is 68.2 Å². The number of rotatable bonds is 13. The van der Waals surface area contributed by atoms with Gasteiger partial charge in [-0.05, 0) is 152 Å². The number of hydrogen-bond donors (Lipinski definition) is 0. The molecule has 0 aliphatic carbocycles. The average Bonchev–Trinajstić information content (AvgIpc) is 0.686.